The van der Waals surface area contributed by atoms with Crippen LogP contribution in [-0.2, 0) is 0 Å². The van der Waals surface area contributed by atoms with Gasteiger partial charge in [0.15, 0.2) is 5.78 Å². The molecule has 1 aromatic carbocycles. The van der Waals surface area contributed by atoms with E-state index >= 15 is 0 Å². The fourth-order valence-electron chi connectivity index (χ4n) is 1.17. The maximum atomic E-state index is 11.0. The molecule has 0 fully saturated rings. The fourth-order valence-corrected chi connectivity index (χ4v) is 1.51. The summed E-state index contributed by atoms with van der Waals surface area (Å²) < 4.78 is 0. The minimum atomic E-state index is -0.554. The summed E-state index contributed by atoms with van der Waals surface area (Å²) in [4.78, 5) is 21.0. The third-order valence-corrected chi connectivity index (χ3v) is 2.13. The Morgan fingerprint density at radius 1 is 1.50 bits per heavy atom. The van der Waals surface area contributed by atoms with Gasteiger partial charge < -0.3 is 0 Å². The Hall–Kier alpha value is -1.42. The summed E-state index contributed by atoms with van der Waals surface area (Å²) in [5, 5.41) is 10.6. The van der Waals surface area contributed by atoms with E-state index in [0.29, 0.717) is 11.1 Å². The zero-order valence-electron chi connectivity index (χ0n) is 7.70. The van der Waals surface area contributed by atoms with E-state index in [9.17, 15) is 14.9 Å². The summed E-state index contributed by atoms with van der Waals surface area (Å²) in [5.74, 6) is -0.162. The second-order valence-corrected chi connectivity index (χ2v) is 3.34. The number of halogens is 1. The molecule has 0 aromatic heterocycles. The molecule has 4 nitrogen and oxygen atoms in total. The lowest BCUT2D eigenvalue weighted by molar-refractivity contribution is -0.385. The van der Waals surface area contributed by atoms with Crippen LogP contribution in [0.25, 0.3) is 0 Å². The lowest BCUT2D eigenvalue weighted by atomic mass is 10.1. The van der Waals surface area contributed by atoms with E-state index in [1.54, 1.807) is 6.92 Å². The van der Waals surface area contributed by atoms with Gasteiger partial charge in [0, 0.05) is 11.1 Å². The van der Waals surface area contributed by atoms with Gasteiger partial charge in [0.1, 0.15) is 5.02 Å². The van der Waals surface area contributed by atoms with E-state index in [2.05, 4.69) is 0 Å². The molecule has 74 valence electrons. The molecule has 0 N–H and O–H groups in total. The summed E-state index contributed by atoms with van der Waals surface area (Å²) in [6.07, 6.45) is 0. The van der Waals surface area contributed by atoms with Crippen LogP contribution in [0.4, 0.5) is 5.69 Å². The average Bonchev–Trinajstić information content (AvgIpc) is 2.01. The average molecular weight is 214 g/mol. The van der Waals surface area contributed by atoms with Crippen molar-refractivity contribution < 1.29 is 9.72 Å². The highest BCUT2D eigenvalue weighted by Gasteiger charge is 2.17. The summed E-state index contributed by atoms with van der Waals surface area (Å²) in [6.45, 7) is 2.94. The quantitative estimate of drug-likeness (QED) is 0.431. The van der Waals surface area contributed by atoms with Crippen LogP contribution < -0.4 is 0 Å². The maximum Gasteiger partial charge on any atom is 0.290 e. The van der Waals surface area contributed by atoms with Crippen LogP contribution >= 0.6 is 11.6 Å². The Labute approximate surface area is 85.6 Å². The molecule has 0 saturated heterocycles. The van der Waals surface area contributed by atoms with Gasteiger partial charge in [-0.05, 0) is 26.0 Å². The second-order valence-electron chi connectivity index (χ2n) is 2.94. The minimum absolute atomic E-state index is 0.000185. The molecule has 0 aliphatic carbocycles. The lowest BCUT2D eigenvalue weighted by Gasteiger charge is -2.02. The molecule has 0 saturated carbocycles. The van der Waals surface area contributed by atoms with Crippen LogP contribution in [0.2, 0.25) is 5.02 Å². The highest BCUT2D eigenvalue weighted by molar-refractivity contribution is 6.33. The van der Waals surface area contributed by atoms with Crippen LogP contribution in [0.5, 0.6) is 0 Å². The molecule has 0 amide bonds. The molecule has 0 aliphatic rings. The van der Waals surface area contributed by atoms with Gasteiger partial charge in [-0.1, -0.05) is 11.6 Å². The van der Waals surface area contributed by atoms with Crippen LogP contribution in [0.3, 0.4) is 0 Å². The van der Waals surface area contributed by atoms with Crippen molar-refractivity contribution in [2.75, 3.05) is 0 Å². The second kappa shape index (κ2) is 3.75. The van der Waals surface area contributed by atoms with Gasteiger partial charge in [-0.15, -0.1) is 0 Å². The van der Waals surface area contributed by atoms with Crippen molar-refractivity contribution in [3.63, 3.8) is 0 Å². The SMILES string of the molecule is CC(=O)c1cc(C)c([N+](=O)[O-])c(Cl)c1. The molecule has 0 spiro atoms. The molecule has 5 heteroatoms. The number of rotatable bonds is 2. The molecule has 1 aromatic rings. The number of hydrogen-bond donors (Lipinski definition) is 0. The first-order valence-corrected chi connectivity index (χ1v) is 4.26. The Balaban J connectivity index is 3.39. The Bertz CT molecular complexity index is 392. The number of nitro benzene ring substituents is 1. The van der Waals surface area contributed by atoms with E-state index in [0.717, 1.165) is 0 Å². The number of carbonyl (C=O) groups excluding carboxylic acids is 1. The van der Waals surface area contributed by atoms with Crippen molar-refractivity contribution in [2.24, 2.45) is 0 Å². The molecule has 0 bridgehead atoms. The van der Waals surface area contributed by atoms with Gasteiger partial charge in [-0.3, -0.25) is 14.9 Å². The van der Waals surface area contributed by atoms with E-state index in [1.807, 2.05) is 0 Å². The Kier molecular flexibility index (Phi) is 2.86. The Morgan fingerprint density at radius 2 is 2.07 bits per heavy atom. The molecular formula is C9H8ClNO3. The van der Waals surface area contributed by atoms with E-state index in [4.69, 9.17) is 11.6 Å². The third-order valence-electron chi connectivity index (χ3n) is 1.84. The van der Waals surface area contributed by atoms with Gasteiger partial charge in [0.25, 0.3) is 5.69 Å². The first-order valence-electron chi connectivity index (χ1n) is 3.89. The highest BCUT2D eigenvalue weighted by Crippen LogP contribution is 2.29. The first kappa shape index (κ1) is 10.7. The lowest BCUT2D eigenvalue weighted by Crippen LogP contribution is -1.98. The number of aryl methyl sites for hydroxylation is 1. The van der Waals surface area contributed by atoms with Crippen LogP contribution in [0.15, 0.2) is 12.1 Å². The van der Waals surface area contributed by atoms with Crippen LogP contribution in [0, 0.1) is 17.0 Å². The van der Waals surface area contributed by atoms with Gasteiger partial charge in [0.2, 0.25) is 0 Å². The minimum Gasteiger partial charge on any atom is -0.295 e. The number of carbonyl (C=O) groups is 1. The molecule has 0 unspecified atom stereocenters. The molecule has 0 atom stereocenters. The van der Waals surface area contributed by atoms with E-state index in [1.165, 1.54) is 19.1 Å². The zero-order valence-corrected chi connectivity index (χ0v) is 8.46. The van der Waals surface area contributed by atoms with Crippen molar-refractivity contribution in [3.05, 3.63) is 38.4 Å². The highest BCUT2D eigenvalue weighted by atomic mass is 35.5. The largest absolute Gasteiger partial charge is 0.295 e. The van der Waals surface area contributed by atoms with Crippen LogP contribution in [0.1, 0.15) is 22.8 Å². The molecular weight excluding hydrogens is 206 g/mol. The molecule has 0 radical (unpaired) electrons. The normalized spacial score (nSPS) is 9.93. The van der Waals surface area contributed by atoms with E-state index in [-0.39, 0.29) is 16.5 Å². The standard InChI is InChI=1S/C9H8ClNO3/c1-5-3-7(6(2)12)4-8(10)9(5)11(13)14/h3-4H,1-2H3. The summed E-state index contributed by atoms with van der Waals surface area (Å²) in [5.41, 5.74) is 0.641. The molecule has 0 heterocycles. The molecule has 0 aliphatic heterocycles. The maximum absolute atomic E-state index is 11.0. The third kappa shape index (κ3) is 1.90. The van der Waals surface area contributed by atoms with Crippen LogP contribution in [-0.4, -0.2) is 10.7 Å². The molecule has 14 heavy (non-hydrogen) atoms. The summed E-state index contributed by atoms with van der Waals surface area (Å²) in [7, 11) is 0. The van der Waals surface area contributed by atoms with Gasteiger partial charge in [0.05, 0.1) is 4.92 Å². The van der Waals surface area contributed by atoms with E-state index < -0.39 is 4.92 Å². The Morgan fingerprint density at radius 3 is 2.43 bits per heavy atom. The van der Waals surface area contributed by atoms with Gasteiger partial charge in [-0.2, -0.15) is 0 Å². The number of Topliss-reactive ketones (excluding diaryl/α,β-unsaturated/α-hetero) is 1. The van der Waals surface area contributed by atoms with Crippen molar-refractivity contribution in [3.8, 4) is 0 Å². The van der Waals surface area contributed by atoms with Gasteiger partial charge in [-0.25, -0.2) is 0 Å². The monoisotopic (exact) mass is 213 g/mol. The predicted octanol–water partition coefficient (Wildman–Crippen LogP) is 2.76. The van der Waals surface area contributed by atoms with Crippen molar-refractivity contribution in [1.82, 2.24) is 0 Å². The van der Waals surface area contributed by atoms with Crippen molar-refractivity contribution in [2.45, 2.75) is 13.8 Å². The smallest absolute Gasteiger partial charge is 0.290 e. The number of hydrogen-bond acceptors (Lipinski definition) is 3. The number of benzene rings is 1. The van der Waals surface area contributed by atoms with Crippen molar-refractivity contribution in [1.29, 1.82) is 0 Å². The first-order chi connectivity index (χ1) is 6.43. The van der Waals surface area contributed by atoms with Crippen molar-refractivity contribution >= 4 is 23.1 Å². The molecule has 1 rings (SSSR count). The summed E-state index contributed by atoms with van der Waals surface area (Å²) >= 11 is 5.68. The van der Waals surface area contributed by atoms with Gasteiger partial charge >= 0.3 is 0 Å². The number of nitrogens with zero attached hydrogens (tertiary/aromatic N) is 1. The predicted molar refractivity (Wildman–Crippen MR) is 52.8 cm³/mol. The topological polar surface area (TPSA) is 60.2 Å². The summed E-state index contributed by atoms with van der Waals surface area (Å²) in [6, 6.07) is 2.78. The fraction of sp³-hybridized carbons (Fsp3) is 0.222. The number of nitro groups is 1. The zero-order chi connectivity index (χ0) is 10.9. The number of ketones is 1.